The second kappa shape index (κ2) is 6.52. The van der Waals surface area contributed by atoms with E-state index in [0.29, 0.717) is 18.1 Å². The lowest BCUT2D eigenvalue weighted by atomic mass is 10.1. The minimum atomic E-state index is -0.00318. The van der Waals surface area contributed by atoms with E-state index < -0.39 is 0 Å². The van der Waals surface area contributed by atoms with Crippen molar-refractivity contribution in [2.24, 2.45) is 5.92 Å². The molecule has 1 heterocycles. The molecule has 1 fully saturated rings. The predicted octanol–water partition coefficient (Wildman–Crippen LogP) is 1.93. The molecule has 4 heteroatoms. The summed E-state index contributed by atoms with van der Waals surface area (Å²) in [4.78, 5) is 11.8. The summed E-state index contributed by atoms with van der Waals surface area (Å²) in [6, 6.07) is 7.06. The van der Waals surface area contributed by atoms with Crippen molar-refractivity contribution in [2.75, 3.05) is 33.5 Å². The minimum Gasteiger partial charge on any atom is -0.497 e. The van der Waals surface area contributed by atoms with Crippen LogP contribution in [-0.2, 0) is 9.47 Å². The molecule has 4 nitrogen and oxygen atoms in total. The fourth-order valence-corrected chi connectivity index (χ4v) is 1.89. The van der Waals surface area contributed by atoms with E-state index in [1.807, 2.05) is 0 Å². The molecule has 1 aromatic carbocycles. The normalized spacial score (nSPS) is 18.8. The Hall–Kier alpha value is -1.39. The topological polar surface area (TPSA) is 44.8 Å². The van der Waals surface area contributed by atoms with Crippen molar-refractivity contribution in [3.8, 4) is 5.75 Å². The zero-order chi connectivity index (χ0) is 12.8. The van der Waals surface area contributed by atoms with Crippen molar-refractivity contribution >= 4 is 5.78 Å². The molecule has 1 unspecified atom stereocenters. The minimum absolute atomic E-state index is 0.00318. The van der Waals surface area contributed by atoms with Gasteiger partial charge in [-0.1, -0.05) is 0 Å². The van der Waals surface area contributed by atoms with Crippen LogP contribution < -0.4 is 4.74 Å². The van der Waals surface area contributed by atoms with Gasteiger partial charge in [-0.15, -0.1) is 0 Å². The number of ketones is 1. The number of hydrogen-bond acceptors (Lipinski definition) is 4. The lowest BCUT2D eigenvalue weighted by Gasteiger charge is -2.08. The van der Waals surface area contributed by atoms with Gasteiger partial charge >= 0.3 is 0 Å². The maximum Gasteiger partial charge on any atom is 0.188 e. The third kappa shape index (κ3) is 3.55. The van der Waals surface area contributed by atoms with E-state index in [9.17, 15) is 4.79 Å². The van der Waals surface area contributed by atoms with E-state index in [2.05, 4.69) is 0 Å². The number of carbonyl (C=O) groups excluding carboxylic acids is 1. The summed E-state index contributed by atoms with van der Waals surface area (Å²) in [6.07, 6.45) is 1.02. The summed E-state index contributed by atoms with van der Waals surface area (Å²) in [5.74, 6) is 1.18. The first kappa shape index (κ1) is 13.1. The molecule has 0 bridgehead atoms. The number of hydrogen-bond donors (Lipinski definition) is 0. The standard InChI is InChI=1S/C14H18O4/c1-16-13-4-2-12(3-5-13)14(15)10-18-9-11-6-7-17-8-11/h2-5,11H,6-10H2,1H3. The van der Waals surface area contributed by atoms with Crippen LogP contribution in [0.2, 0.25) is 0 Å². The van der Waals surface area contributed by atoms with Crippen molar-refractivity contribution in [3.63, 3.8) is 0 Å². The summed E-state index contributed by atoms with van der Waals surface area (Å²) in [7, 11) is 1.60. The predicted molar refractivity (Wildman–Crippen MR) is 67.1 cm³/mol. The van der Waals surface area contributed by atoms with Gasteiger partial charge in [0.2, 0.25) is 0 Å². The number of benzene rings is 1. The van der Waals surface area contributed by atoms with Gasteiger partial charge < -0.3 is 14.2 Å². The van der Waals surface area contributed by atoms with Crippen molar-refractivity contribution < 1.29 is 19.0 Å². The first-order valence-electron chi connectivity index (χ1n) is 6.12. The average Bonchev–Trinajstić information content (AvgIpc) is 2.92. The monoisotopic (exact) mass is 250 g/mol. The Kier molecular flexibility index (Phi) is 4.73. The van der Waals surface area contributed by atoms with Crippen LogP contribution in [0.4, 0.5) is 0 Å². The Balaban J connectivity index is 1.76. The average molecular weight is 250 g/mol. The maximum atomic E-state index is 11.8. The van der Waals surface area contributed by atoms with Crippen LogP contribution in [0.1, 0.15) is 16.8 Å². The molecule has 0 radical (unpaired) electrons. The Bertz CT molecular complexity index is 379. The van der Waals surface area contributed by atoms with Crippen LogP contribution in [0, 0.1) is 5.92 Å². The number of methoxy groups -OCH3 is 1. The SMILES string of the molecule is COc1ccc(C(=O)COCC2CCOC2)cc1. The molecule has 1 aromatic rings. The smallest absolute Gasteiger partial charge is 0.188 e. The molecule has 0 N–H and O–H groups in total. The van der Waals surface area contributed by atoms with E-state index in [1.165, 1.54) is 0 Å². The zero-order valence-corrected chi connectivity index (χ0v) is 10.6. The second-order valence-corrected chi connectivity index (χ2v) is 4.40. The molecule has 98 valence electrons. The highest BCUT2D eigenvalue weighted by atomic mass is 16.5. The van der Waals surface area contributed by atoms with Crippen LogP contribution in [0.25, 0.3) is 0 Å². The second-order valence-electron chi connectivity index (χ2n) is 4.40. The van der Waals surface area contributed by atoms with E-state index in [0.717, 1.165) is 25.4 Å². The van der Waals surface area contributed by atoms with E-state index >= 15 is 0 Å². The molecule has 0 saturated carbocycles. The van der Waals surface area contributed by atoms with Crippen LogP contribution in [-0.4, -0.2) is 39.3 Å². The summed E-state index contributed by atoms with van der Waals surface area (Å²) < 4.78 is 15.7. The van der Waals surface area contributed by atoms with E-state index in [4.69, 9.17) is 14.2 Å². The van der Waals surface area contributed by atoms with Crippen LogP contribution in [0.3, 0.4) is 0 Å². The first-order chi connectivity index (χ1) is 8.79. The van der Waals surface area contributed by atoms with E-state index in [1.54, 1.807) is 31.4 Å². The Morgan fingerprint density at radius 2 is 2.17 bits per heavy atom. The molecule has 0 spiro atoms. The largest absolute Gasteiger partial charge is 0.497 e. The van der Waals surface area contributed by atoms with Crippen molar-refractivity contribution in [2.45, 2.75) is 6.42 Å². The molecular formula is C14H18O4. The molecule has 1 saturated heterocycles. The fourth-order valence-electron chi connectivity index (χ4n) is 1.89. The van der Waals surface area contributed by atoms with Crippen LogP contribution >= 0.6 is 0 Å². The summed E-state index contributed by atoms with van der Waals surface area (Å²) in [6.45, 7) is 2.28. The van der Waals surface area contributed by atoms with Gasteiger partial charge in [0, 0.05) is 18.1 Å². The summed E-state index contributed by atoms with van der Waals surface area (Å²) in [5, 5.41) is 0. The van der Waals surface area contributed by atoms with Gasteiger partial charge in [-0.3, -0.25) is 4.79 Å². The van der Waals surface area contributed by atoms with Gasteiger partial charge in [0.25, 0.3) is 0 Å². The van der Waals surface area contributed by atoms with Gasteiger partial charge in [-0.05, 0) is 30.7 Å². The summed E-state index contributed by atoms with van der Waals surface area (Å²) >= 11 is 0. The third-order valence-corrected chi connectivity index (χ3v) is 3.02. The van der Waals surface area contributed by atoms with Gasteiger partial charge in [0.1, 0.15) is 12.4 Å². The number of ether oxygens (including phenoxy) is 3. The first-order valence-corrected chi connectivity index (χ1v) is 6.12. The molecule has 0 amide bonds. The van der Waals surface area contributed by atoms with Gasteiger partial charge in [-0.2, -0.15) is 0 Å². The summed E-state index contributed by atoms with van der Waals surface area (Å²) in [5.41, 5.74) is 0.651. The fraction of sp³-hybridized carbons (Fsp3) is 0.500. The highest BCUT2D eigenvalue weighted by Crippen LogP contribution is 2.14. The van der Waals surface area contributed by atoms with Gasteiger partial charge in [0.15, 0.2) is 5.78 Å². The number of Topliss-reactive ketones (excluding diaryl/α,β-unsaturated/α-hetero) is 1. The third-order valence-electron chi connectivity index (χ3n) is 3.02. The van der Waals surface area contributed by atoms with Crippen molar-refractivity contribution in [1.82, 2.24) is 0 Å². The molecule has 1 aliphatic heterocycles. The van der Waals surface area contributed by atoms with Crippen molar-refractivity contribution in [1.29, 1.82) is 0 Å². The quantitative estimate of drug-likeness (QED) is 0.724. The zero-order valence-electron chi connectivity index (χ0n) is 10.6. The molecule has 0 aliphatic carbocycles. The van der Waals surface area contributed by atoms with Gasteiger partial charge in [0.05, 0.1) is 20.3 Å². The molecule has 1 aliphatic rings. The Labute approximate surface area is 107 Å². The number of rotatable bonds is 6. The van der Waals surface area contributed by atoms with E-state index in [-0.39, 0.29) is 12.4 Å². The molecule has 0 aromatic heterocycles. The molecule has 2 rings (SSSR count). The lowest BCUT2D eigenvalue weighted by molar-refractivity contribution is 0.0651. The van der Waals surface area contributed by atoms with Crippen LogP contribution in [0.5, 0.6) is 5.75 Å². The highest BCUT2D eigenvalue weighted by molar-refractivity contribution is 5.97. The molecule has 1 atom stereocenters. The van der Waals surface area contributed by atoms with Crippen LogP contribution in [0.15, 0.2) is 24.3 Å². The molecule has 18 heavy (non-hydrogen) atoms. The number of carbonyl (C=O) groups is 1. The Morgan fingerprint density at radius 3 is 2.78 bits per heavy atom. The van der Waals surface area contributed by atoms with Crippen molar-refractivity contribution in [3.05, 3.63) is 29.8 Å². The molecular weight excluding hydrogens is 232 g/mol. The van der Waals surface area contributed by atoms with Gasteiger partial charge in [-0.25, -0.2) is 0 Å². The maximum absolute atomic E-state index is 11.8. The highest BCUT2D eigenvalue weighted by Gasteiger charge is 2.16. The Morgan fingerprint density at radius 1 is 1.39 bits per heavy atom. The lowest BCUT2D eigenvalue weighted by Crippen LogP contribution is -2.15.